The smallest absolute Gasteiger partial charge is 0.271 e. The van der Waals surface area contributed by atoms with E-state index in [0.717, 1.165) is 6.42 Å². The number of hydrogen-bond donors (Lipinski definition) is 1. The lowest BCUT2D eigenvalue weighted by molar-refractivity contribution is 0.0941. The Balaban J connectivity index is 1.73. The Kier molecular flexibility index (Phi) is 4.04. The summed E-state index contributed by atoms with van der Waals surface area (Å²) in [5.74, 6) is -0.168. The summed E-state index contributed by atoms with van der Waals surface area (Å²) >= 11 is 7.96. The maximum Gasteiger partial charge on any atom is 0.271 e. The molecule has 0 saturated carbocycles. The highest BCUT2D eigenvalue weighted by atomic mass is 35.5. The van der Waals surface area contributed by atoms with Crippen LogP contribution in [0, 0.1) is 6.92 Å². The van der Waals surface area contributed by atoms with Crippen LogP contribution in [0.5, 0.6) is 0 Å². The van der Waals surface area contributed by atoms with Crippen molar-refractivity contribution in [1.29, 1.82) is 0 Å². The number of halogens is 1. The van der Waals surface area contributed by atoms with Gasteiger partial charge in [-0.25, -0.2) is 0 Å². The molecule has 0 unspecified atom stereocenters. The van der Waals surface area contributed by atoms with E-state index in [1.807, 2.05) is 11.3 Å². The largest absolute Gasteiger partial charge is 0.347 e. The highest BCUT2D eigenvalue weighted by Crippen LogP contribution is 2.30. The monoisotopic (exact) mass is 323 g/mol. The zero-order valence-corrected chi connectivity index (χ0v) is 13.8. The van der Waals surface area contributed by atoms with Crippen LogP contribution in [0.3, 0.4) is 0 Å². The van der Waals surface area contributed by atoms with Crippen LogP contribution < -0.4 is 5.32 Å². The summed E-state index contributed by atoms with van der Waals surface area (Å²) in [5, 5.41) is 9.75. The van der Waals surface area contributed by atoms with E-state index in [1.54, 1.807) is 14.0 Å². The standard InChI is InChI=1S/C15H18ClN3OS/c1-9-13(16)14(19(2)18-9)15(20)17-7-10-8-21-12-6-4-3-5-11(10)12/h8H,3-7H2,1-2H3,(H,17,20). The molecule has 0 atom stereocenters. The number of thiophene rings is 1. The topological polar surface area (TPSA) is 46.9 Å². The molecule has 112 valence electrons. The fourth-order valence-corrected chi connectivity index (χ4v) is 4.24. The van der Waals surface area contributed by atoms with Crippen molar-refractivity contribution in [3.05, 3.63) is 37.8 Å². The van der Waals surface area contributed by atoms with Crippen LogP contribution in [0.1, 0.15) is 45.0 Å². The molecule has 0 radical (unpaired) electrons. The highest BCUT2D eigenvalue weighted by molar-refractivity contribution is 7.10. The Morgan fingerprint density at radius 3 is 2.95 bits per heavy atom. The van der Waals surface area contributed by atoms with Crippen molar-refractivity contribution in [2.75, 3.05) is 0 Å². The van der Waals surface area contributed by atoms with E-state index in [-0.39, 0.29) is 5.91 Å². The Morgan fingerprint density at radius 1 is 1.48 bits per heavy atom. The second kappa shape index (κ2) is 5.81. The van der Waals surface area contributed by atoms with Crippen LogP contribution in [-0.2, 0) is 26.4 Å². The SMILES string of the molecule is Cc1nn(C)c(C(=O)NCc2csc3c2CCCC3)c1Cl. The minimum Gasteiger partial charge on any atom is -0.347 e. The van der Waals surface area contributed by atoms with Crippen molar-refractivity contribution < 1.29 is 4.79 Å². The normalized spacial score (nSPS) is 14.0. The highest BCUT2D eigenvalue weighted by Gasteiger charge is 2.20. The zero-order valence-electron chi connectivity index (χ0n) is 12.2. The van der Waals surface area contributed by atoms with Gasteiger partial charge in [0.25, 0.3) is 5.91 Å². The van der Waals surface area contributed by atoms with Gasteiger partial charge in [-0.1, -0.05) is 11.6 Å². The van der Waals surface area contributed by atoms with Crippen molar-refractivity contribution in [2.45, 2.75) is 39.2 Å². The number of aromatic nitrogens is 2. The van der Waals surface area contributed by atoms with E-state index in [0.29, 0.717) is 23.0 Å². The molecule has 3 rings (SSSR count). The third-order valence-corrected chi connectivity index (χ3v) is 5.54. The first-order chi connectivity index (χ1) is 10.1. The van der Waals surface area contributed by atoms with Gasteiger partial charge in [-0.2, -0.15) is 5.10 Å². The minimum absolute atomic E-state index is 0.168. The number of rotatable bonds is 3. The van der Waals surface area contributed by atoms with Crippen LogP contribution in [0.4, 0.5) is 0 Å². The number of hydrogen-bond acceptors (Lipinski definition) is 3. The average Bonchev–Trinajstić information content (AvgIpc) is 2.98. The van der Waals surface area contributed by atoms with Crippen LogP contribution in [0.2, 0.25) is 5.02 Å². The number of carbonyl (C=O) groups excluding carboxylic acids is 1. The number of aryl methyl sites for hydroxylation is 3. The lowest BCUT2D eigenvalue weighted by Crippen LogP contribution is -2.25. The van der Waals surface area contributed by atoms with Crippen LogP contribution in [0.25, 0.3) is 0 Å². The van der Waals surface area contributed by atoms with Crippen molar-refractivity contribution in [3.8, 4) is 0 Å². The molecule has 1 amide bonds. The Bertz CT molecular complexity index is 689. The van der Waals surface area contributed by atoms with Gasteiger partial charge in [-0.3, -0.25) is 9.48 Å². The molecular weight excluding hydrogens is 306 g/mol. The van der Waals surface area contributed by atoms with E-state index >= 15 is 0 Å². The van der Waals surface area contributed by atoms with Crippen molar-refractivity contribution >= 4 is 28.8 Å². The Morgan fingerprint density at radius 2 is 2.24 bits per heavy atom. The molecule has 0 bridgehead atoms. The second-order valence-corrected chi connectivity index (χ2v) is 6.77. The number of carbonyl (C=O) groups is 1. The summed E-state index contributed by atoms with van der Waals surface area (Å²) in [5.41, 5.74) is 3.80. The molecule has 2 aromatic heterocycles. The Hall–Kier alpha value is -1.33. The van der Waals surface area contributed by atoms with Gasteiger partial charge in [-0.15, -0.1) is 11.3 Å². The predicted octanol–water partition coefficient (Wildman–Crippen LogP) is 3.25. The first kappa shape index (κ1) is 14.6. The summed E-state index contributed by atoms with van der Waals surface area (Å²) < 4.78 is 1.54. The molecule has 6 heteroatoms. The van der Waals surface area contributed by atoms with E-state index in [9.17, 15) is 4.79 Å². The van der Waals surface area contributed by atoms with Crippen molar-refractivity contribution in [3.63, 3.8) is 0 Å². The Labute approximate surface area is 133 Å². The number of fused-ring (bicyclic) bond motifs is 1. The third kappa shape index (κ3) is 2.72. The molecule has 1 aliphatic carbocycles. The van der Waals surface area contributed by atoms with E-state index < -0.39 is 0 Å². The summed E-state index contributed by atoms with van der Waals surface area (Å²) in [4.78, 5) is 13.8. The van der Waals surface area contributed by atoms with Gasteiger partial charge >= 0.3 is 0 Å². The average molecular weight is 324 g/mol. The van der Waals surface area contributed by atoms with E-state index in [2.05, 4.69) is 15.8 Å². The number of amides is 1. The maximum atomic E-state index is 12.3. The number of nitrogens with one attached hydrogen (secondary N) is 1. The predicted molar refractivity (Wildman–Crippen MR) is 85.1 cm³/mol. The molecule has 2 heterocycles. The van der Waals surface area contributed by atoms with Crippen LogP contribution in [0.15, 0.2) is 5.38 Å². The van der Waals surface area contributed by atoms with E-state index in [4.69, 9.17) is 11.6 Å². The minimum atomic E-state index is -0.168. The molecule has 1 aliphatic rings. The molecule has 0 saturated heterocycles. The van der Waals surface area contributed by atoms with Crippen LogP contribution >= 0.6 is 22.9 Å². The maximum absolute atomic E-state index is 12.3. The van der Waals surface area contributed by atoms with Gasteiger partial charge in [0.1, 0.15) is 5.69 Å². The van der Waals surface area contributed by atoms with Gasteiger partial charge in [0.05, 0.1) is 10.7 Å². The third-order valence-electron chi connectivity index (χ3n) is 3.95. The van der Waals surface area contributed by atoms with Gasteiger partial charge in [0, 0.05) is 18.5 Å². The first-order valence-corrected chi connectivity index (χ1v) is 8.39. The quantitative estimate of drug-likeness (QED) is 0.942. The van der Waals surface area contributed by atoms with Gasteiger partial charge in [0.15, 0.2) is 0 Å². The molecule has 1 N–H and O–H groups in total. The molecule has 0 fully saturated rings. The van der Waals surface area contributed by atoms with Crippen LogP contribution in [-0.4, -0.2) is 15.7 Å². The van der Waals surface area contributed by atoms with Gasteiger partial charge < -0.3 is 5.32 Å². The lowest BCUT2D eigenvalue weighted by atomic mass is 9.96. The summed E-state index contributed by atoms with van der Waals surface area (Å²) in [6, 6.07) is 0. The van der Waals surface area contributed by atoms with Gasteiger partial charge in [0.2, 0.25) is 0 Å². The molecular formula is C15H18ClN3OS. The summed E-state index contributed by atoms with van der Waals surface area (Å²) in [7, 11) is 1.74. The van der Waals surface area contributed by atoms with Gasteiger partial charge in [-0.05, 0) is 49.1 Å². The lowest BCUT2D eigenvalue weighted by Gasteiger charge is -2.13. The molecule has 0 aromatic carbocycles. The second-order valence-electron chi connectivity index (χ2n) is 5.42. The fraction of sp³-hybridized carbons (Fsp3) is 0.467. The zero-order chi connectivity index (χ0) is 15.0. The number of nitrogens with zero attached hydrogens (tertiary/aromatic N) is 2. The summed E-state index contributed by atoms with van der Waals surface area (Å²) in [6.45, 7) is 2.36. The van der Waals surface area contributed by atoms with E-state index in [1.165, 1.54) is 39.9 Å². The van der Waals surface area contributed by atoms with Crippen molar-refractivity contribution in [1.82, 2.24) is 15.1 Å². The van der Waals surface area contributed by atoms with Crippen molar-refractivity contribution in [2.24, 2.45) is 7.05 Å². The molecule has 0 spiro atoms. The molecule has 0 aliphatic heterocycles. The molecule has 2 aromatic rings. The fourth-order valence-electron chi connectivity index (χ4n) is 2.85. The first-order valence-electron chi connectivity index (χ1n) is 7.13. The molecule has 21 heavy (non-hydrogen) atoms. The summed E-state index contributed by atoms with van der Waals surface area (Å²) in [6.07, 6.45) is 4.84. The molecule has 4 nitrogen and oxygen atoms in total.